The van der Waals surface area contributed by atoms with E-state index in [4.69, 9.17) is 21.7 Å². The summed E-state index contributed by atoms with van der Waals surface area (Å²) < 4.78 is 86.6. The number of nitrogens with zero attached hydrogens (tertiary/aromatic N) is 6. The number of aromatic nitrogens is 5. The van der Waals surface area contributed by atoms with E-state index < -0.39 is 67.8 Å². The van der Waals surface area contributed by atoms with Gasteiger partial charge in [-0.3, -0.25) is 15.1 Å². The predicted molar refractivity (Wildman–Crippen MR) is 168 cm³/mol. The van der Waals surface area contributed by atoms with E-state index in [9.17, 15) is 35.9 Å². The van der Waals surface area contributed by atoms with Crippen molar-refractivity contribution in [2.75, 3.05) is 13.2 Å². The fraction of sp³-hybridized carbons (Fsp3) is 0.355. The first kappa shape index (κ1) is 36.2. The van der Waals surface area contributed by atoms with Gasteiger partial charge >= 0.3 is 12.6 Å². The van der Waals surface area contributed by atoms with Crippen molar-refractivity contribution in [2.45, 2.75) is 57.2 Å². The summed E-state index contributed by atoms with van der Waals surface area (Å²) in [4.78, 5) is 31.6. The molecule has 50 heavy (non-hydrogen) atoms. The van der Waals surface area contributed by atoms with Gasteiger partial charge in [0.2, 0.25) is 6.43 Å². The second-order valence-electron chi connectivity index (χ2n) is 11.3. The molecule has 266 valence electrons. The first-order valence-electron chi connectivity index (χ1n) is 15.1. The summed E-state index contributed by atoms with van der Waals surface area (Å²) >= 11 is 6.38. The second-order valence-corrected chi connectivity index (χ2v) is 11.7. The van der Waals surface area contributed by atoms with Crippen molar-refractivity contribution >= 4 is 29.6 Å². The van der Waals surface area contributed by atoms with Crippen molar-refractivity contribution in [1.29, 1.82) is 5.41 Å². The van der Waals surface area contributed by atoms with Crippen LogP contribution in [0.5, 0.6) is 0 Å². The largest absolute Gasteiger partial charge is 0.447 e. The van der Waals surface area contributed by atoms with Crippen LogP contribution >= 0.6 is 11.6 Å². The minimum Gasteiger partial charge on any atom is -0.447 e. The van der Waals surface area contributed by atoms with Crippen molar-refractivity contribution in [3.05, 3.63) is 83.2 Å². The number of carbonyl (C=O) groups excluding carboxylic acids is 2. The molecule has 3 N–H and O–H groups in total. The molecule has 1 atom stereocenters. The van der Waals surface area contributed by atoms with Gasteiger partial charge in [-0.1, -0.05) is 29.8 Å². The summed E-state index contributed by atoms with van der Waals surface area (Å²) in [6.07, 6.45) is -3.43. The van der Waals surface area contributed by atoms with E-state index in [0.29, 0.717) is 28.7 Å². The van der Waals surface area contributed by atoms with Gasteiger partial charge in [0, 0.05) is 35.8 Å². The zero-order valence-electron chi connectivity index (χ0n) is 26.2. The minimum absolute atomic E-state index is 0.0216. The molecule has 1 aliphatic rings. The first-order valence-corrected chi connectivity index (χ1v) is 15.5. The van der Waals surface area contributed by atoms with Crippen molar-refractivity contribution < 1.29 is 40.7 Å². The third-order valence-corrected chi connectivity index (χ3v) is 8.19. The molecule has 0 spiro atoms. The first-order chi connectivity index (χ1) is 23.8. The minimum atomic E-state index is -3.03. The Morgan fingerprint density at radius 2 is 1.78 bits per heavy atom. The molecule has 4 aromatic rings. The molecule has 0 aliphatic heterocycles. The highest BCUT2D eigenvalue weighted by Gasteiger charge is 2.46. The number of halogens is 7. The molecule has 0 bridgehead atoms. The molecule has 2 aromatic carbocycles. The quantitative estimate of drug-likeness (QED) is 0.0786. The molecule has 19 heteroatoms. The number of hydrogen-bond donors (Lipinski definition) is 3. The van der Waals surface area contributed by atoms with Gasteiger partial charge in [0.25, 0.3) is 12.3 Å². The predicted octanol–water partition coefficient (Wildman–Crippen LogP) is 6.76. The van der Waals surface area contributed by atoms with Gasteiger partial charge < -0.3 is 15.4 Å². The van der Waals surface area contributed by atoms with Crippen LogP contribution in [0, 0.1) is 5.41 Å². The molecule has 1 saturated carbocycles. The number of guanidine groups is 1. The summed E-state index contributed by atoms with van der Waals surface area (Å²) in [5, 5.41) is 21.4. The Hall–Kier alpha value is -5.13. The topological polar surface area (TPSA) is 143 Å². The molecule has 0 unspecified atom stereocenters. The van der Waals surface area contributed by atoms with Gasteiger partial charge in [0.15, 0.2) is 11.8 Å². The molecular weight excluding hydrogens is 696 g/mol. The van der Waals surface area contributed by atoms with Crippen LogP contribution in [0.15, 0.2) is 61.2 Å². The maximum atomic E-state index is 14.2. The lowest BCUT2D eigenvalue weighted by molar-refractivity contribution is 0.0566. The standard InChI is InChI=1S/C31H30ClF6N9O3/c1-2-40-29(39)46(27(48)18-5-3-17(4-6-18)20-13-42-45(14-20)28(37)38)23(15-50-30(49)44-31(9-10-31)12-24(33)34)19-7-8-21(32)22(11-19)47-26(25(35)36)41-16-43-47/h3-8,11,13-14,16,23-25,28H,2,9-10,12,15H2,1H3,(H2,39,40)(H,44,49)/t23-/m1/s1. The molecular formula is C31H30ClF6N9O3. The van der Waals surface area contributed by atoms with Crippen LogP contribution in [-0.4, -0.2) is 72.5 Å². The Morgan fingerprint density at radius 3 is 2.38 bits per heavy atom. The van der Waals surface area contributed by atoms with Crippen LogP contribution in [0.1, 0.15) is 66.9 Å². The van der Waals surface area contributed by atoms with E-state index >= 15 is 0 Å². The Kier molecular flexibility index (Phi) is 11.0. The number of hydrogen-bond acceptors (Lipinski definition) is 7. The van der Waals surface area contributed by atoms with Crippen molar-refractivity contribution in [3.8, 4) is 16.8 Å². The number of alkyl halides is 6. The number of benzene rings is 2. The summed E-state index contributed by atoms with van der Waals surface area (Å²) in [6.45, 7) is -1.63. The van der Waals surface area contributed by atoms with Crippen LogP contribution in [0.4, 0.5) is 31.1 Å². The number of amides is 2. The lowest BCUT2D eigenvalue weighted by atomic mass is 10.0. The third kappa shape index (κ3) is 8.18. The highest BCUT2D eigenvalue weighted by atomic mass is 35.5. The SMILES string of the molecule is CCNC(=N)N(C(=O)c1ccc(-c2cnn(C(F)F)c2)cc1)[C@H](COC(=O)NC1(CC(F)F)CC1)c1ccc(Cl)c(-n2ncnc2C(F)F)c1. The van der Waals surface area contributed by atoms with Crippen LogP contribution < -0.4 is 10.6 Å². The van der Waals surface area contributed by atoms with E-state index in [1.165, 1.54) is 48.7 Å². The summed E-state index contributed by atoms with van der Waals surface area (Å²) in [6, 6.07) is 8.54. The average Bonchev–Trinajstić information content (AvgIpc) is 3.43. The lowest BCUT2D eigenvalue weighted by Crippen LogP contribution is -2.48. The fourth-order valence-corrected chi connectivity index (χ4v) is 5.42. The van der Waals surface area contributed by atoms with Gasteiger partial charge in [-0.25, -0.2) is 36.7 Å². The molecule has 2 aromatic heterocycles. The molecule has 2 amide bonds. The zero-order chi connectivity index (χ0) is 36.2. The molecule has 0 radical (unpaired) electrons. The third-order valence-electron chi connectivity index (χ3n) is 7.87. The van der Waals surface area contributed by atoms with Crippen molar-refractivity contribution in [2.24, 2.45) is 0 Å². The summed E-state index contributed by atoms with van der Waals surface area (Å²) in [7, 11) is 0. The molecule has 5 rings (SSSR count). The maximum Gasteiger partial charge on any atom is 0.407 e. The van der Waals surface area contributed by atoms with Gasteiger partial charge in [-0.05, 0) is 55.2 Å². The number of nitrogens with one attached hydrogen (secondary N) is 3. The van der Waals surface area contributed by atoms with E-state index in [0.717, 1.165) is 22.1 Å². The van der Waals surface area contributed by atoms with Gasteiger partial charge in [0.1, 0.15) is 12.9 Å². The number of alkyl carbamates (subject to hydrolysis) is 1. The van der Waals surface area contributed by atoms with E-state index in [1.54, 1.807) is 6.92 Å². The van der Waals surface area contributed by atoms with Crippen LogP contribution in [-0.2, 0) is 4.74 Å². The fourth-order valence-electron chi connectivity index (χ4n) is 5.23. The summed E-state index contributed by atoms with van der Waals surface area (Å²) in [5.41, 5.74) is -0.186. The van der Waals surface area contributed by atoms with E-state index in [-0.39, 0.29) is 28.4 Å². The second kappa shape index (κ2) is 15.2. The average molecular weight is 726 g/mol. The highest BCUT2D eigenvalue weighted by molar-refractivity contribution is 6.32. The van der Waals surface area contributed by atoms with Gasteiger partial charge in [-0.2, -0.15) is 19.0 Å². The Morgan fingerprint density at radius 1 is 1.06 bits per heavy atom. The monoisotopic (exact) mass is 725 g/mol. The number of carbonyl (C=O) groups is 2. The highest BCUT2D eigenvalue weighted by Crippen LogP contribution is 2.41. The summed E-state index contributed by atoms with van der Waals surface area (Å²) in [5.74, 6) is -1.94. The number of rotatable bonds is 13. The molecule has 2 heterocycles. The molecule has 0 saturated heterocycles. The smallest absolute Gasteiger partial charge is 0.407 e. The Labute approximate surface area is 285 Å². The maximum absolute atomic E-state index is 14.2. The van der Waals surface area contributed by atoms with Crippen LogP contribution in [0.25, 0.3) is 16.8 Å². The molecule has 1 fully saturated rings. The van der Waals surface area contributed by atoms with Crippen LogP contribution in [0.2, 0.25) is 5.02 Å². The van der Waals surface area contributed by atoms with E-state index in [2.05, 4.69) is 25.8 Å². The lowest BCUT2D eigenvalue weighted by Gasteiger charge is -2.32. The normalized spacial score (nSPS) is 14.1. The molecule has 1 aliphatic carbocycles. The van der Waals surface area contributed by atoms with Crippen molar-refractivity contribution in [3.63, 3.8) is 0 Å². The zero-order valence-corrected chi connectivity index (χ0v) is 26.9. The van der Waals surface area contributed by atoms with Crippen molar-refractivity contribution in [1.82, 2.24) is 40.1 Å². The van der Waals surface area contributed by atoms with Crippen LogP contribution in [0.3, 0.4) is 0 Å². The number of ether oxygens (including phenoxy) is 1. The van der Waals surface area contributed by atoms with Gasteiger partial charge in [0.05, 0.1) is 22.9 Å². The Bertz CT molecular complexity index is 1830. The molecule has 12 nitrogen and oxygen atoms in total. The van der Waals surface area contributed by atoms with Gasteiger partial charge in [-0.15, -0.1) is 0 Å². The van der Waals surface area contributed by atoms with E-state index in [1.807, 2.05) is 0 Å². The Balaban J connectivity index is 1.52.